The molecule has 0 bridgehead atoms. The van der Waals surface area contributed by atoms with E-state index in [1.807, 2.05) is 0 Å². The second-order valence-electron chi connectivity index (χ2n) is 12.6. The molecule has 3 rings (SSSR count). The summed E-state index contributed by atoms with van der Waals surface area (Å²) in [4.78, 5) is 14.1. The molecule has 0 aromatic rings. The van der Waals surface area contributed by atoms with Crippen LogP contribution < -0.4 is 0 Å². The molecule has 7 unspecified atom stereocenters. The van der Waals surface area contributed by atoms with E-state index in [1.54, 1.807) is 0 Å². The molecule has 4 N–H and O–H groups in total. The fourth-order valence-corrected chi connectivity index (χ4v) is 7.40. The van der Waals surface area contributed by atoms with Crippen LogP contribution in [0, 0.1) is 53.3 Å². The average molecular weight is 499 g/mol. The van der Waals surface area contributed by atoms with Crippen LogP contribution in [0.15, 0.2) is 0 Å². The van der Waals surface area contributed by atoms with Crippen molar-refractivity contribution < 1.29 is 34.7 Å². The monoisotopic (exact) mass is 498 g/mol. The van der Waals surface area contributed by atoms with Gasteiger partial charge in [0, 0.05) is 0 Å². The Labute approximate surface area is 211 Å². The molecule has 7 nitrogen and oxygen atoms in total. The number of aliphatic hydroxyl groups is 4. The number of hydrogen-bond acceptors (Lipinski definition) is 7. The highest BCUT2D eigenvalue weighted by Crippen LogP contribution is 2.51. The van der Waals surface area contributed by atoms with E-state index in [0.29, 0.717) is 35.5 Å². The Bertz CT molecular complexity index is 648. The Balaban J connectivity index is 1.94. The van der Waals surface area contributed by atoms with Gasteiger partial charge in [0.15, 0.2) is 0 Å². The molecule has 1 aliphatic heterocycles. The molecule has 0 spiro atoms. The van der Waals surface area contributed by atoms with Crippen LogP contribution >= 0.6 is 0 Å². The molecule has 3 fully saturated rings. The molecular formula is C28H50O7. The summed E-state index contributed by atoms with van der Waals surface area (Å²) in [7, 11) is 0. The minimum Gasteiger partial charge on any atom is -0.432 e. The topological polar surface area (TPSA) is 116 Å². The van der Waals surface area contributed by atoms with E-state index in [0.717, 1.165) is 25.7 Å². The summed E-state index contributed by atoms with van der Waals surface area (Å²) < 4.78 is 11.4. The first kappa shape index (κ1) is 28.8. The fourth-order valence-electron chi connectivity index (χ4n) is 7.40. The van der Waals surface area contributed by atoms with Gasteiger partial charge in [0.25, 0.3) is 0 Å². The van der Waals surface area contributed by atoms with E-state index in [4.69, 9.17) is 9.47 Å². The van der Waals surface area contributed by atoms with Gasteiger partial charge in [-0.1, -0.05) is 54.4 Å². The van der Waals surface area contributed by atoms with Gasteiger partial charge < -0.3 is 29.9 Å². The molecule has 3 aliphatic rings. The molecule has 1 saturated heterocycles. The van der Waals surface area contributed by atoms with Gasteiger partial charge in [-0.15, -0.1) is 0 Å². The third-order valence-corrected chi connectivity index (χ3v) is 9.42. The highest BCUT2D eigenvalue weighted by atomic mass is 16.7. The van der Waals surface area contributed by atoms with Crippen LogP contribution in [0.25, 0.3) is 0 Å². The van der Waals surface area contributed by atoms with E-state index >= 15 is 0 Å². The summed E-state index contributed by atoms with van der Waals surface area (Å²) in [5.74, 6) is 2.51. The number of rotatable bonds is 7. The quantitative estimate of drug-likeness (QED) is 0.398. The molecule has 7 heteroatoms. The predicted molar refractivity (Wildman–Crippen MR) is 133 cm³/mol. The van der Waals surface area contributed by atoms with Crippen LogP contribution in [0.1, 0.15) is 80.1 Å². The molecule has 11 atom stereocenters. The van der Waals surface area contributed by atoms with Gasteiger partial charge >= 0.3 is 5.97 Å². The number of esters is 1. The lowest BCUT2D eigenvalue weighted by atomic mass is 9.57. The number of carbonyl (C=O) groups is 1. The Morgan fingerprint density at radius 2 is 1.29 bits per heavy atom. The molecule has 1 heterocycles. The van der Waals surface area contributed by atoms with Gasteiger partial charge in [0.2, 0.25) is 6.29 Å². The summed E-state index contributed by atoms with van der Waals surface area (Å²) in [6.07, 6.45) is -0.633. The number of aliphatic hydroxyl groups excluding tert-OH is 4. The van der Waals surface area contributed by atoms with Gasteiger partial charge in [-0.25, -0.2) is 0 Å². The van der Waals surface area contributed by atoms with Crippen LogP contribution in [-0.4, -0.2) is 63.7 Å². The number of carbonyl (C=O) groups excluding carboxylic acids is 1. The van der Waals surface area contributed by atoms with Crippen molar-refractivity contribution in [2.24, 2.45) is 53.3 Å². The highest BCUT2D eigenvalue weighted by Gasteiger charge is 2.50. The summed E-state index contributed by atoms with van der Waals surface area (Å²) in [5, 5.41) is 40.5. The Morgan fingerprint density at radius 1 is 0.800 bits per heavy atom. The zero-order valence-electron chi connectivity index (χ0n) is 22.5. The van der Waals surface area contributed by atoms with Crippen molar-refractivity contribution >= 4 is 5.97 Å². The van der Waals surface area contributed by atoms with Crippen molar-refractivity contribution in [1.29, 1.82) is 0 Å². The fraction of sp³-hybridized carbons (Fsp3) is 0.964. The van der Waals surface area contributed by atoms with E-state index in [1.165, 1.54) is 12.8 Å². The first-order chi connectivity index (χ1) is 16.5. The minimum atomic E-state index is -1.57. The molecule has 2 aliphatic carbocycles. The van der Waals surface area contributed by atoms with E-state index < -0.39 is 37.3 Å². The smallest absolute Gasteiger partial charge is 0.311 e. The Morgan fingerprint density at radius 3 is 1.71 bits per heavy atom. The third kappa shape index (κ3) is 6.40. The lowest BCUT2D eigenvalue weighted by molar-refractivity contribution is -0.295. The van der Waals surface area contributed by atoms with Crippen molar-refractivity contribution in [2.75, 3.05) is 6.61 Å². The van der Waals surface area contributed by atoms with Crippen molar-refractivity contribution in [1.82, 2.24) is 0 Å². The third-order valence-electron chi connectivity index (χ3n) is 9.42. The standard InChI is InChI=1S/C28H50O7/c1-14(2)18-9-7-16(5)11-20(18)23(21-12-17(6)8-10-19(21)15(3)4)27(33)35-28-26(32)25(31)24(30)22(13-29)34-28/h14-26,28-32H,7-13H2,1-6H3/t16?,17?,18?,19?,20?,21?,22-,23?,24-,25+,26-,28?/m1/s1. The molecule has 204 valence electrons. The molecule has 0 amide bonds. The maximum Gasteiger partial charge on any atom is 0.311 e. The predicted octanol–water partition coefficient (Wildman–Crippen LogP) is 3.36. The largest absolute Gasteiger partial charge is 0.432 e. The van der Waals surface area contributed by atoms with Gasteiger partial charge in [0.05, 0.1) is 12.5 Å². The van der Waals surface area contributed by atoms with E-state index in [9.17, 15) is 25.2 Å². The number of ether oxygens (including phenoxy) is 2. The summed E-state index contributed by atoms with van der Waals surface area (Å²) in [6.45, 7) is 13.0. The van der Waals surface area contributed by atoms with Gasteiger partial charge in [-0.05, 0) is 73.0 Å². The SMILES string of the molecule is CC1CCC(C(C)C)C(C(C(=O)OC2O[C@H](CO)[C@@H](O)[C@H](O)[C@H]2O)C2CC(C)CCC2C(C)C)C1. The van der Waals surface area contributed by atoms with Crippen LogP contribution in [0.4, 0.5) is 0 Å². The molecule has 0 radical (unpaired) electrons. The van der Waals surface area contributed by atoms with Crippen LogP contribution in [-0.2, 0) is 14.3 Å². The van der Waals surface area contributed by atoms with Crippen LogP contribution in [0.3, 0.4) is 0 Å². The van der Waals surface area contributed by atoms with Crippen molar-refractivity contribution in [2.45, 2.75) is 111 Å². The van der Waals surface area contributed by atoms with Gasteiger partial charge in [0.1, 0.15) is 24.4 Å². The Hall–Kier alpha value is -0.730. The normalized spacial score (nSPS) is 43.8. The lowest BCUT2D eigenvalue weighted by Gasteiger charge is -2.48. The average Bonchev–Trinajstić information content (AvgIpc) is 2.79. The zero-order chi connectivity index (χ0) is 26.0. The lowest BCUT2D eigenvalue weighted by Crippen LogP contribution is -2.60. The van der Waals surface area contributed by atoms with E-state index in [-0.39, 0.29) is 23.7 Å². The first-order valence-electron chi connectivity index (χ1n) is 14.0. The van der Waals surface area contributed by atoms with Crippen molar-refractivity contribution in [3.63, 3.8) is 0 Å². The second kappa shape index (κ2) is 12.2. The second-order valence-corrected chi connectivity index (χ2v) is 12.6. The molecular weight excluding hydrogens is 448 g/mol. The van der Waals surface area contributed by atoms with Crippen LogP contribution in [0.2, 0.25) is 0 Å². The van der Waals surface area contributed by atoms with Gasteiger partial charge in [-0.3, -0.25) is 4.79 Å². The van der Waals surface area contributed by atoms with Crippen molar-refractivity contribution in [3.05, 3.63) is 0 Å². The maximum atomic E-state index is 14.1. The molecule has 2 saturated carbocycles. The van der Waals surface area contributed by atoms with Crippen LogP contribution in [0.5, 0.6) is 0 Å². The molecule has 0 aromatic heterocycles. The van der Waals surface area contributed by atoms with Gasteiger partial charge in [-0.2, -0.15) is 0 Å². The Kier molecular flexibility index (Phi) is 10.1. The molecule has 35 heavy (non-hydrogen) atoms. The summed E-state index contributed by atoms with van der Waals surface area (Å²) in [6, 6.07) is 0. The minimum absolute atomic E-state index is 0.188. The van der Waals surface area contributed by atoms with Crippen molar-refractivity contribution in [3.8, 4) is 0 Å². The first-order valence-corrected chi connectivity index (χ1v) is 14.0. The molecule has 0 aromatic carbocycles. The number of hydrogen-bond donors (Lipinski definition) is 4. The highest BCUT2D eigenvalue weighted by molar-refractivity contribution is 5.73. The summed E-state index contributed by atoms with van der Waals surface area (Å²) in [5.41, 5.74) is 0. The summed E-state index contributed by atoms with van der Waals surface area (Å²) >= 11 is 0. The zero-order valence-corrected chi connectivity index (χ0v) is 22.5. The van der Waals surface area contributed by atoms with E-state index in [2.05, 4.69) is 41.5 Å². The maximum absolute atomic E-state index is 14.1.